The molecule has 66 valence electrons. The number of rotatable bonds is 1. The summed E-state index contributed by atoms with van der Waals surface area (Å²) in [4.78, 5) is 0. The van der Waals surface area contributed by atoms with E-state index in [2.05, 4.69) is 20.7 Å². The average Bonchev–Trinajstić information content (AvgIpc) is 2.01. The summed E-state index contributed by atoms with van der Waals surface area (Å²) in [7, 11) is 1.10. The maximum atomic E-state index is 12.9. The third-order valence-corrected chi connectivity index (χ3v) is 2.00. The Labute approximate surface area is 75.3 Å². The van der Waals surface area contributed by atoms with Gasteiger partial charge in [0.15, 0.2) is 17.4 Å². The van der Waals surface area contributed by atoms with Gasteiger partial charge in [0.1, 0.15) is 5.82 Å². The van der Waals surface area contributed by atoms with Gasteiger partial charge in [-0.1, -0.05) is 0 Å². The van der Waals surface area contributed by atoms with Crippen LogP contribution < -0.4 is 4.74 Å². The van der Waals surface area contributed by atoms with Crippen LogP contribution in [0.5, 0.6) is 5.75 Å². The van der Waals surface area contributed by atoms with Crippen LogP contribution >= 0.6 is 15.9 Å². The van der Waals surface area contributed by atoms with Gasteiger partial charge in [-0.3, -0.25) is 0 Å². The Bertz CT molecular complexity index is 314. The smallest absolute Gasteiger partial charge is 0.191 e. The minimum Gasteiger partial charge on any atom is -0.491 e. The summed E-state index contributed by atoms with van der Waals surface area (Å²) in [6, 6.07) is 0.548. The van der Waals surface area contributed by atoms with E-state index in [0.29, 0.717) is 6.07 Å². The lowest BCUT2D eigenvalue weighted by Crippen LogP contribution is -1.95. The highest BCUT2D eigenvalue weighted by atomic mass is 79.9. The maximum absolute atomic E-state index is 12.9. The third-order valence-electron chi connectivity index (χ3n) is 1.28. The van der Waals surface area contributed by atoms with E-state index in [1.165, 1.54) is 0 Å². The van der Waals surface area contributed by atoms with E-state index in [9.17, 15) is 13.2 Å². The Kier molecular flexibility index (Phi) is 2.62. The first-order chi connectivity index (χ1) is 5.57. The lowest BCUT2D eigenvalue weighted by atomic mass is 10.3. The molecular formula is C7H4BrF3O. The fraction of sp³-hybridized carbons (Fsp3) is 0.143. The van der Waals surface area contributed by atoms with E-state index < -0.39 is 27.7 Å². The Morgan fingerprint density at radius 3 is 2.33 bits per heavy atom. The molecule has 0 spiro atoms. The minimum atomic E-state index is -1.07. The number of ether oxygens (including phenoxy) is 1. The Hall–Kier alpha value is -0.710. The standard InChI is InChI=1S/C7H4BrF3O/c1-12-7-4(10)2-3(9)5(8)6(7)11/h2H,1H3. The van der Waals surface area contributed by atoms with Crippen LogP contribution in [0.2, 0.25) is 0 Å². The zero-order valence-electron chi connectivity index (χ0n) is 6.00. The minimum absolute atomic E-state index is 0.430. The SMILES string of the molecule is COc1c(F)cc(F)c(Br)c1F. The predicted octanol–water partition coefficient (Wildman–Crippen LogP) is 2.88. The molecule has 0 heterocycles. The van der Waals surface area contributed by atoms with Crippen molar-refractivity contribution in [1.82, 2.24) is 0 Å². The lowest BCUT2D eigenvalue weighted by Gasteiger charge is -2.04. The van der Waals surface area contributed by atoms with Crippen molar-refractivity contribution in [3.63, 3.8) is 0 Å². The van der Waals surface area contributed by atoms with Crippen molar-refractivity contribution in [1.29, 1.82) is 0 Å². The van der Waals surface area contributed by atoms with Gasteiger partial charge in [-0.25, -0.2) is 13.2 Å². The van der Waals surface area contributed by atoms with Crippen LogP contribution in [0.3, 0.4) is 0 Å². The number of benzene rings is 1. The number of hydrogen-bond donors (Lipinski definition) is 0. The Morgan fingerprint density at radius 1 is 1.25 bits per heavy atom. The van der Waals surface area contributed by atoms with Gasteiger partial charge < -0.3 is 4.74 Å². The molecule has 1 aromatic carbocycles. The second-order valence-electron chi connectivity index (χ2n) is 2.00. The summed E-state index contributed by atoms with van der Waals surface area (Å²) >= 11 is 2.61. The second kappa shape index (κ2) is 3.35. The van der Waals surface area contributed by atoms with Gasteiger partial charge in [-0.15, -0.1) is 0 Å². The molecule has 0 aliphatic heterocycles. The van der Waals surface area contributed by atoms with E-state index in [0.717, 1.165) is 7.11 Å². The summed E-state index contributed by atoms with van der Waals surface area (Å²) in [5.74, 6) is -3.72. The molecule has 1 rings (SSSR count). The first-order valence-corrected chi connectivity index (χ1v) is 3.74. The van der Waals surface area contributed by atoms with Crippen LogP contribution in [0, 0.1) is 17.5 Å². The van der Waals surface area contributed by atoms with Crippen LogP contribution in [0.15, 0.2) is 10.5 Å². The normalized spacial score (nSPS) is 10.1. The summed E-state index contributed by atoms with van der Waals surface area (Å²) in [5, 5.41) is 0. The highest BCUT2D eigenvalue weighted by molar-refractivity contribution is 9.10. The quantitative estimate of drug-likeness (QED) is 0.542. The van der Waals surface area contributed by atoms with Crippen LogP contribution in [-0.2, 0) is 0 Å². The van der Waals surface area contributed by atoms with Crippen molar-refractivity contribution < 1.29 is 17.9 Å². The molecule has 5 heteroatoms. The van der Waals surface area contributed by atoms with E-state index >= 15 is 0 Å². The number of hydrogen-bond acceptors (Lipinski definition) is 1. The third kappa shape index (κ3) is 1.41. The van der Waals surface area contributed by atoms with Crippen LogP contribution in [0.25, 0.3) is 0 Å². The Balaban J connectivity index is 3.40. The fourth-order valence-corrected chi connectivity index (χ4v) is 1.03. The molecule has 0 unspecified atom stereocenters. The predicted molar refractivity (Wildman–Crippen MR) is 40.6 cm³/mol. The first kappa shape index (κ1) is 9.38. The molecule has 1 aromatic rings. The van der Waals surface area contributed by atoms with Crippen molar-refractivity contribution in [3.8, 4) is 5.75 Å². The van der Waals surface area contributed by atoms with Gasteiger partial charge in [0.2, 0.25) is 0 Å². The van der Waals surface area contributed by atoms with Crippen molar-refractivity contribution >= 4 is 15.9 Å². The van der Waals surface area contributed by atoms with Crippen LogP contribution in [-0.4, -0.2) is 7.11 Å². The van der Waals surface area contributed by atoms with Gasteiger partial charge in [0.05, 0.1) is 11.6 Å². The molecule has 0 atom stereocenters. The average molecular weight is 241 g/mol. The zero-order chi connectivity index (χ0) is 9.30. The van der Waals surface area contributed by atoms with Gasteiger partial charge in [-0.2, -0.15) is 0 Å². The first-order valence-electron chi connectivity index (χ1n) is 2.95. The monoisotopic (exact) mass is 240 g/mol. The Morgan fingerprint density at radius 2 is 1.83 bits per heavy atom. The molecule has 0 fully saturated rings. The van der Waals surface area contributed by atoms with E-state index in [1.807, 2.05) is 0 Å². The zero-order valence-corrected chi connectivity index (χ0v) is 7.58. The molecule has 0 aliphatic carbocycles. The topological polar surface area (TPSA) is 9.23 Å². The number of methoxy groups -OCH3 is 1. The van der Waals surface area contributed by atoms with Crippen molar-refractivity contribution in [2.45, 2.75) is 0 Å². The van der Waals surface area contributed by atoms with Crippen LogP contribution in [0.4, 0.5) is 13.2 Å². The summed E-state index contributed by atoms with van der Waals surface area (Å²) in [6.07, 6.45) is 0. The molecule has 0 saturated heterocycles. The molecule has 0 amide bonds. The molecule has 12 heavy (non-hydrogen) atoms. The highest BCUT2D eigenvalue weighted by Gasteiger charge is 2.17. The number of halogens is 4. The van der Waals surface area contributed by atoms with Crippen LogP contribution in [0.1, 0.15) is 0 Å². The van der Waals surface area contributed by atoms with E-state index in [-0.39, 0.29) is 0 Å². The fourth-order valence-electron chi connectivity index (χ4n) is 0.737. The molecule has 0 bridgehead atoms. The van der Waals surface area contributed by atoms with Crippen molar-refractivity contribution in [3.05, 3.63) is 28.0 Å². The largest absolute Gasteiger partial charge is 0.491 e. The highest BCUT2D eigenvalue weighted by Crippen LogP contribution is 2.30. The molecular weight excluding hydrogens is 237 g/mol. The molecule has 0 saturated carbocycles. The summed E-state index contributed by atoms with van der Waals surface area (Å²) < 4.78 is 42.0. The van der Waals surface area contributed by atoms with Gasteiger partial charge >= 0.3 is 0 Å². The lowest BCUT2D eigenvalue weighted by molar-refractivity contribution is 0.354. The molecule has 0 aromatic heterocycles. The van der Waals surface area contributed by atoms with E-state index in [1.54, 1.807) is 0 Å². The van der Waals surface area contributed by atoms with Gasteiger partial charge in [0, 0.05) is 6.07 Å². The molecule has 0 radical (unpaired) electrons. The van der Waals surface area contributed by atoms with Gasteiger partial charge in [-0.05, 0) is 15.9 Å². The summed E-state index contributed by atoms with van der Waals surface area (Å²) in [6.45, 7) is 0. The molecule has 0 aliphatic rings. The van der Waals surface area contributed by atoms with Crippen molar-refractivity contribution in [2.75, 3.05) is 7.11 Å². The van der Waals surface area contributed by atoms with Gasteiger partial charge in [0.25, 0.3) is 0 Å². The molecule has 0 N–H and O–H groups in total. The second-order valence-corrected chi connectivity index (χ2v) is 2.79. The summed E-state index contributed by atoms with van der Waals surface area (Å²) in [5.41, 5.74) is 0. The van der Waals surface area contributed by atoms with E-state index in [4.69, 9.17) is 0 Å². The van der Waals surface area contributed by atoms with Crippen molar-refractivity contribution in [2.24, 2.45) is 0 Å². The molecule has 1 nitrogen and oxygen atoms in total. The maximum Gasteiger partial charge on any atom is 0.191 e.